The molecule has 0 spiro atoms. The molecule has 0 unspecified atom stereocenters. The Labute approximate surface area is 202 Å². The molecular weight excluding hydrogens is 452 g/mol. The van der Waals surface area contributed by atoms with Crippen LogP contribution < -0.4 is 5.82 Å². The van der Waals surface area contributed by atoms with Crippen molar-refractivity contribution in [2.75, 3.05) is 0 Å². The molecule has 0 saturated carbocycles. The number of carboxylic acid groups (broad SMARTS) is 1. The minimum Gasteiger partial charge on any atom is -0.481 e. The first-order chi connectivity index (χ1) is 16.8. The van der Waals surface area contributed by atoms with E-state index in [1.54, 1.807) is 6.33 Å². The van der Waals surface area contributed by atoms with Crippen LogP contribution in [0.4, 0.5) is 0 Å². The third-order valence-electron chi connectivity index (χ3n) is 6.37. The molecule has 9 nitrogen and oxygen atoms in total. The maximum atomic E-state index is 12.1. The van der Waals surface area contributed by atoms with Crippen molar-refractivity contribution in [2.24, 2.45) is 5.92 Å². The van der Waals surface area contributed by atoms with Crippen molar-refractivity contribution in [1.82, 2.24) is 9.55 Å². The predicted octanol–water partition coefficient (Wildman–Crippen LogP) is 4.19. The summed E-state index contributed by atoms with van der Waals surface area (Å²) in [5, 5.41) is 9.75. The molecule has 2 aromatic heterocycles. The molecule has 1 N–H and O–H groups in total. The Morgan fingerprint density at radius 3 is 2.74 bits per heavy atom. The number of benzene rings is 1. The minimum atomic E-state index is -0.860. The summed E-state index contributed by atoms with van der Waals surface area (Å²) in [7, 11) is 0. The first-order valence-electron chi connectivity index (χ1n) is 12.0. The summed E-state index contributed by atoms with van der Waals surface area (Å²) in [6, 6.07) is 8.18. The number of aromatic nitrogens is 2. The van der Waals surface area contributed by atoms with Gasteiger partial charge in [0, 0.05) is 30.1 Å². The lowest BCUT2D eigenvalue weighted by Crippen LogP contribution is -2.19. The van der Waals surface area contributed by atoms with Crippen molar-refractivity contribution in [1.29, 1.82) is 0 Å². The number of carbonyl (C=O) groups is 2. The second-order valence-corrected chi connectivity index (χ2v) is 9.18. The van der Waals surface area contributed by atoms with Gasteiger partial charge in [-0.1, -0.05) is 38.5 Å². The lowest BCUT2D eigenvalue weighted by Gasteiger charge is -2.20. The third-order valence-corrected chi connectivity index (χ3v) is 6.37. The molecule has 1 atom stereocenters. The molecule has 1 aromatic carbocycles. The molecule has 186 valence electrons. The number of hydrogen-bond donors (Lipinski definition) is 1. The summed E-state index contributed by atoms with van der Waals surface area (Å²) >= 11 is 0. The first-order valence-corrected chi connectivity index (χ1v) is 12.0. The van der Waals surface area contributed by atoms with Crippen LogP contribution >= 0.6 is 0 Å². The fourth-order valence-corrected chi connectivity index (χ4v) is 4.55. The van der Waals surface area contributed by atoms with Crippen molar-refractivity contribution in [3.8, 4) is 5.69 Å². The summed E-state index contributed by atoms with van der Waals surface area (Å²) in [5.74, 6) is -2.16. The fourth-order valence-electron chi connectivity index (χ4n) is 4.55. The Kier molecular flexibility index (Phi) is 7.53. The van der Waals surface area contributed by atoms with Crippen molar-refractivity contribution >= 4 is 11.9 Å². The molecule has 9 heteroatoms. The van der Waals surface area contributed by atoms with Crippen molar-refractivity contribution in [3.05, 3.63) is 69.7 Å². The lowest BCUT2D eigenvalue weighted by molar-refractivity contribution is -0.145. The molecule has 0 radical (unpaired) electrons. The highest BCUT2D eigenvalue weighted by Crippen LogP contribution is 2.28. The largest absolute Gasteiger partial charge is 0.519 e. The number of rotatable bonds is 11. The maximum absolute atomic E-state index is 12.1. The van der Waals surface area contributed by atoms with Crippen molar-refractivity contribution in [2.45, 2.75) is 71.3 Å². The van der Waals surface area contributed by atoms with Crippen LogP contribution in [0.3, 0.4) is 0 Å². The summed E-state index contributed by atoms with van der Waals surface area (Å²) in [5.41, 5.74) is 4.27. The van der Waals surface area contributed by atoms with E-state index in [2.05, 4.69) is 21.7 Å². The summed E-state index contributed by atoms with van der Waals surface area (Å²) < 4.78 is 17.2. The molecule has 3 heterocycles. The zero-order chi connectivity index (χ0) is 24.9. The van der Waals surface area contributed by atoms with E-state index in [4.69, 9.17) is 13.6 Å². The number of nitrogens with zero attached hydrogens (tertiary/aromatic N) is 2. The number of imidazole rings is 1. The van der Waals surface area contributed by atoms with E-state index in [0.29, 0.717) is 31.4 Å². The number of hydrogen-bond acceptors (Lipinski definition) is 7. The Morgan fingerprint density at radius 2 is 1.97 bits per heavy atom. The normalized spacial score (nSPS) is 13.3. The van der Waals surface area contributed by atoms with Gasteiger partial charge >= 0.3 is 17.8 Å². The number of para-hydroxylation sites is 1. The zero-order valence-corrected chi connectivity index (χ0v) is 20.0. The quantitative estimate of drug-likeness (QED) is 0.319. The molecule has 1 aliphatic rings. The topological polar surface area (TPSA) is 125 Å². The number of unbranched alkanes of at least 4 members (excludes halogenated alkanes) is 1. The van der Waals surface area contributed by atoms with Crippen LogP contribution in [0.15, 0.2) is 44.2 Å². The molecule has 0 amide bonds. The molecule has 0 aliphatic carbocycles. The van der Waals surface area contributed by atoms with Gasteiger partial charge in [0.15, 0.2) is 18.1 Å². The molecule has 4 rings (SSSR count). The SMILES string of the molecule is CC(C)c1oc(=O)oc1COC(=O)CCCC[C@@H](Cc1ncn2c1CCc1ccccc1-2)C(=O)O. The second-order valence-electron chi connectivity index (χ2n) is 9.18. The predicted molar refractivity (Wildman–Crippen MR) is 125 cm³/mol. The van der Waals surface area contributed by atoms with Crippen molar-refractivity contribution < 1.29 is 28.3 Å². The summed E-state index contributed by atoms with van der Waals surface area (Å²) in [6.45, 7) is 3.52. The Morgan fingerprint density at radius 1 is 1.17 bits per heavy atom. The number of aliphatic carboxylic acids is 1. The van der Waals surface area contributed by atoms with Crippen LogP contribution in [0.2, 0.25) is 0 Å². The number of esters is 1. The van der Waals surface area contributed by atoms with Gasteiger partial charge in [-0.3, -0.25) is 9.59 Å². The van der Waals surface area contributed by atoms with E-state index in [1.807, 2.05) is 26.0 Å². The number of fused-ring (bicyclic) bond motifs is 3. The Bertz CT molecular complexity index is 1250. The van der Waals surface area contributed by atoms with Gasteiger partial charge in [-0.2, -0.15) is 0 Å². The van der Waals surface area contributed by atoms with Gasteiger partial charge in [-0.15, -0.1) is 0 Å². The smallest absolute Gasteiger partial charge is 0.481 e. The molecule has 0 saturated heterocycles. The van der Waals surface area contributed by atoms with Crippen molar-refractivity contribution in [3.63, 3.8) is 0 Å². The molecule has 0 bridgehead atoms. The Balaban J connectivity index is 1.26. The number of carbonyl (C=O) groups excluding carboxylic acids is 1. The zero-order valence-electron chi connectivity index (χ0n) is 20.0. The highest BCUT2D eigenvalue weighted by molar-refractivity contribution is 5.70. The average Bonchev–Trinajstić information content (AvgIpc) is 3.42. The van der Waals surface area contributed by atoms with Crippen LogP contribution in [0.25, 0.3) is 5.69 Å². The number of aryl methyl sites for hydroxylation is 1. The van der Waals surface area contributed by atoms with E-state index < -0.39 is 23.7 Å². The van der Waals surface area contributed by atoms with E-state index in [9.17, 15) is 19.5 Å². The molecule has 35 heavy (non-hydrogen) atoms. The van der Waals surface area contributed by atoms with Gasteiger partial charge in [-0.25, -0.2) is 9.78 Å². The second kappa shape index (κ2) is 10.8. The van der Waals surface area contributed by atoms with Crippen LogP contribution in [-0.4, -0.2) is 26.6 Å². The van der Waals surface area contributed by atoms with E-state index >= 15 is 0 Å². The van der Waals surface area contributed by atoms with Gasteiger partial charge in [0.25, 0.3) is 0 Å². The van der Waals surface area contributed by atoms with Gasteiger partial charge < -0.3 is 23.2 Å². The molecule has 0 fully saturated rings. The summed E-state index contributed by atoms with van der Waals surface area (Å²) in [4.78, 5) is 39.8. The van der Waals surface area contributed by atoms with Gasteiger partial charge in [0.1, 0.15) is 0 Å². The monoisotopic (exact) mass is 482 g/mol. The molecule has 3 aromatic rings. The highest BCUT2D eigenvalue weighted by Gasteiger charge is 2.25. The summed E-state index contributed by atoms with van der Waals surface area (Å²) in [6.07, 6.45) is 5.57. The maximum Gasteiger partial charge on any atom is 0.519 e. The number of carboxylic acids is 1. The lowest BCUT2D eigenvalue weighted by atomic mass is 9.93. The standard InChI is InChI=1S/C26H30N2O7/c1-16(2)24-22(34-26(32)35-24)14-33-23(29)10-6-4-8-18(25(30)31)13-19-21-12-11-17-7-3-5-9-20(17)28(21)15-27-19/h3,5,7,9,15-16,18H,4,6,8,10-14H2,1-2H3,(H,30,31)/t18-/m0/s1. The van der Waals surface area contributed by atoms with Gasteiger partial charge in [0.2, 0.25) is 0 Å². The first kappa shape index (κ1) is 24.5. The van der Waals surface area contributed by atoms with Crippen LogP contribution in [0.5, 0.6) is 0 Å². The average molecular weight is 483 g/mol. The van der Waals surface area contributed by atoms with Crippen LogP contribution in [0.1, 0.15) is 73.9 Å². The highest BCUT2D eigenvalue weighted by atomic mass is 16.6. The van der Waals surface area contributed by atoms with E-state index in [1.165, 1.54) is 5.56 Å². The number of ether oxygens (including phenoxy) is 1. The Hall–Kier alpha value is -3.62. The minimum absolute atomic E-state index is 0.0706. The van der Waals surface area contributed by atoms with E-state index in [0.717, 1.165) is 29.9 Å². The third kappa shape index (κ3) is 5.72. The molecule has 1 aliphatic heterocycles. The van der Waals surface area contributed by atoms with Crippen LogP contribution in [-0.2, 0) is 40.2 Å². The van der Waals surface area contributed by atoms with E-state index in [-0.39, 0.29) is 24.7 Å². The fraction of sp³-hybridized carbons (Fsp3) is 0.462. The molecular formula is C26H30N2O7. The van der Waals surface area contributed by atoms with Crippen LogP contribution in [0, 0.1) is 5.92 Å². The van der Waals surface area contributed by atoms with Gasteiger partial charge in [-0.05, 0) is 37.3 Å². The van der Waals surface area contributed by atoms with Gasteiger partial charge in [0.05, 0.1) is 17.9 Å².